The zero-order valence-corrected chi connectivity index (χ0v) is 30.9. The highest BCUT2D eigenvalue weighted by atomic mass is 15.0. The van der Waals surface area contributed by atoms with Crippen LogP contribution in [0.5, 0.6) is 0 Å². The summed E-state index contributed by atoms with van der Waals surface area (Å²) in [7, 11) is 0. The van der Waals surface area contributed by atoms with Gasteiger partial charge in [0.2, 0.25) is 0 Å². The van der Waals surface area contributed by atoms with Crippen LogP contribution >= 0.6 is 0 Å². The summed E-state index contributed by atoms with van der Waals surface area (Å²) in [6.07, 6.45) is 4.12. The second-order valence-electron chi connectivity index (χ2n) is 14.7. The van der Waals surface area contributed by atoms with Crippen molar-refractivity contribution in [2.24, 2.45) is 5.73 Å². The summed E-state index contributed by atoms with van der Waals surface area (Å²) in [6, 6.07) is 72.0. The predicted octanol–water partition coefficient (Wildman–Crippen LogP) is 13.8. The van der Waals surface area contributed by atoms with Crippen molar-refractivity contribution in [1.82, 2.24) is 5.32 Å². The van der Waals surface area contributed by atoms with E-state index in [9.17, 15) is 0 Å². The van der Waals surface area contributed by atoms with Gasteiger partial charge in [-0.1, -0.05) is 206 Å². The van der Waals surface area contributed by atoms with Gasteiger partial charge in [-0.25, -0.2) is 0 Å². The molecule has 2 atom stereocenters. The van der Waals surface area contributed by atoms with E-state index in [1.165, 1.54) is 76.1 Å². The molecule has 0 fully saturated rings. The summed E-state index contributed by atoms with van der Waals surface area (Å²) in [5.74, 6) is 0. The van der Waals surface area contributed by atoms with E-state index in [1.807, 2.05) is 18.2 Å². The summed E-state index contributed by atoms with van der Waals surface area (Å²) < 4.78 is 0. The molecule has 0 saturated heterocycles. The number of benzene rings is 10. The van der Waals surface area contributed by atoms with Gasteiger partial charge in [-0.3, -0.25) is 5.32 Å². The molecule has 266 valence electrons. The van der Waals surface area contributed by atoms with Gasteiger partial charge >= 0.3 is 0 Å². The van der Waals surface area contributed by atoms with E-state index in [4.69, 9.17) is 5.73 Å². The third-order valence-electron chi connectivity index (χ3n) is 11.3. The largest absolute Gasteiger partial charge is 0.312 e. The number of nitrogens with one attached hydrogen (secondary N) is 1. The van der Waals surface area contributed by atoms with Crippen molar-refractivity contribution in [2.75, 3.05) is 0 Å². The first-order valence-corrected chi connectivity index (χ1v) is 19.4. The van der Waals surface area contributed by atoms with Gasteiger partial charge in [-0.05, 0) is 98.9 Å². The van der Waals surface area contributed by atoms with E-state index in [0.717, 1.165) is 16.7 Å². The molecule has 0 bridgehead atoms. The molecule has 3 N–H and O–H groups in total. The molecule has 10 aromatic rings. The van der Waals surface area contributed by atoms with Crippen LogP contribution in [0.1, 0.15) is 28.9 Å². The van der Waals surface area contributed by atoms with Crippen molar-refractivity contribution in [3.05, 3.63) is 223 Å². The van der Waals surface area contributed by atoms with Crippen LogP contribution in [0.3, 0.4) is 0 Å². The molecule has 0 heterocycles. The molecule has 0 aliphatic rings. The molecule has 0 aliphatic heterocycles. The van der Waals surface area contributed by atoms with Gasteiger partial charge < -0.3 is 5.73 Å². The zero-order chi connectivity index (χ0) is 37.4. The van der Waals surface area contributed by atoms with E-state index in [-0.39, 0.29) is 12.2 Å². The Balaban J connectivity index is 1.07. The lowest BCUT2D eigenvalue weighted by atomic mass is 9.84. The number of hydrogen-bond donors (Lipinski definition) is 2. The van der Waals surface area contributed by atoms with E-state index in [2.05, 4.69) is 199 Å². The van der Waals surface area contributed by atoms with Gasteiger partial charge in [0, 0.05) is 0 Å². The molecule has 56 heavy (non-hydrogen) atoms. The maximum atomic E-state index is 6.81. The zero-order valence-electron chi connectivity index (χ0n) is 30.9. The molecule has 2 unspecified atom stereocenters. The monoisotopic (exact) mass is 716 g/mol. The molecule has 0 amide bonds. The minimum Gasteiger partial charge on any atom is -0.312 e. The van der Waals surface area contributed by atoms with Crippen LogP contribution in [0.15, 0.2) is 206 Å². The smallest absolute Gasteiger partial charge is 0.0817 e. The average molecular weight is 717 g/mol. The second kappa shape index (κ2) is 14.4. The molecular weight excluding hydrogens is 677 g/mol. The molecular formula is C54H40N2. The van der Waals surface area contributed by atoms with E-state index in [1.54, 1.807) is 0 Å². The van der Waals surface area contributed by atoms with Crippen LogP contribution in [0.25, 0.3) is 82.2 Å². The summed E-state index contributed by atoms with van der Waals surface area (Å²) in [4.78, 5) is 0. The first kappa shape index (κ1) is 33.7. The van der Waals surface area contributed by atoms with E-state index >= 15 is 0 Å². The first-order chi connectivity index (χ1) is 27.7. The van der Waals surface area contributed by atoms with Gasteiger partial charge in [0.05, 0.1) is 12.2 Å². The first-order valence-electron chi connectivity index (χ1n) is 19.4. The van der Waals surface area contributed by atoms with Crippen molar-refractivity contribution in [3.63, 3.8) is 0 Å². The Morgan fingerprint density at radius 2 is 0.929 bits per heavy atom. The highest BCUT2D eigenvalue weighted by Crippen LogP contribution is 2.46. The van der Waals surface area contributed by atoms with Crippen LogP contribution in [-0.4, -0.2) is 0 Å². The van der Waals surface area contributed by atoms with E-state index < -0.39 is 0 Å². The van der Waals surface area contributed by atoms with Gasteiger partial charge in [-0.2, -0.15) is 0 Å². The summed E-state index contributed by atoms with van der Waals surface area (Å²) in [6.45, 7) is 0. The third-order valence-corrected chi connectivity index (χ3v) is 11.3. The Labute approximate surface area is 327 Å². The van der Waals surface area contributed by atoms with Gasteiger partial charge in [0.25, 0.3) is 0 Å². The van der Waals surface area contributed by atoms with Crippen molar-refractivity contribution in [1.29, 1.82) is 0 Å². The second-order valence-corrected chi connectivity index (χ2v) is 14.7. The third kappa shape index (κ3) is 6.12. The highest BCUT2D eigenvalue weighted by Gasteiger charge is 2.19. The quantitative estimate of drug-likeness (QED) is 0.0933. The lowest BCUT2D eigenvalue weighted by molar-refractivity contribution is 0.509. The summed E-state index contributed by atoms with van der Waals surface area (Å²) in [5.41, 5.74) is 15.1. The van der Waals surface area contributed by atoms with Crippen LogP contribution < -0.4 is 11.1 Å². The Hall–Kier alpha value is -6.84. The number of fused-ring (bicyclic) bond motifs is 7. The number of nitrogens with two attached hydrogens (primary N) is 1. The Kier molecular flexibility index (Phi) is 8.69. The molecule has 2 nitrogen and oxygen atoms in total. The minimum absolute atomic E-state index is 0.120. The van der Waals surface area contributed by atoms with Crippen molar-refractivity contribution in [3.8, 4) is 22.3 Å². The van der Waals surface area contributed by atoms with Crippen molar-refractivity contribution >= 4 is 59.9 Å². The average Bonchev–Trinajstić information content (AvgIpc) is 3.27. The SMILES string of the molecule is NC(NC(/C=C/c1ccc(-c2c3ccccc3c(-c3ccccc3)c3ccc4ccccc4c23)cc1)c1ccc2c(ccc3ccccc32)c1)c1ccccc1. The minimum atomic E-state index is -0.337. The number of rotatable bonds is 8. The Morgan fingerprint density at radius 3 is 1.68 bits per heavy atom. The van der Waals surface area contributed by atoms with Crippen LogP contribution in [0, 0.1) is 0 Å². The normalized spacial score (nSPS) is 12.9. The van der Waals surface area contributed by atoms with E-state index in [0.29, 0.717) is 0 Å². The fraction of sp³-hybridized carbons (Fsp3) is 0.0370. The molecule has 10 rings (SSSR count). The van der Waals surface area contributed by atoms with Crippen molar-refractivity contribution < 1.29 is 0 Å². The van der Waals surface area contributed by atoms with Gasteiger partial charge in [-0.15, -0.1) is 0 Å². The molecule has 10 aromatic carbocycles. The number of hydrogen-bond acceptors (Lipinski definition) is 2. The van der Waals surface area contributed by atoms with Gasteiger partial charge in [0.15, 0.2) is 0 Å². The van der Waals surface area contributed by atoms with Gasteiger partial charge in [0.1, 0.15) is 0 Å². The predicted molar refractivity (Wildman–Crippen MR) is 240 cm³/mol. The molecule has 0 radical (unpaired) electrons. The lowest BCUT2D eigenvalue weighted by Crippen LogP contribution is -2.31. The Morgan fingerprint density at radius 1 is 0.393 bits per heavy atom. The van der Waals surface area contributed by atoms with Crippen LogP contribution in [0.2, 0.25) is 0 Å². The Bertz CT molecular complexity index is 3060. The molecule has 0 saturated carbocycles. The standard InChI is InChI=1S/C54H40N2/c55-54(41-17-5-2-6-18-41)56-50(43-31-32-45-42(35-43)29-28-37-13-7-9-19-44(37)45)34-25-36-23-26-40(27-24-36)52-48-22-12-11-21-47(48)51(39-15-3-1-4-16-39)49-33-30-38-14-8-10-20-46(38)53(49)52/h1-35,50,54,56H,55H2/b34-25+. The lowest BCUT2D eigenvalue weighted by Gasteiger charge is -2.22. The summed E-state index contributed by atoms with van der Waals surface area (Å²) in [5, 5.41) is 16.3. The molecule has 0 spiro atoms. The maximum absolute atomic E-state index is 6.81. The topological polar surface area (TPSA) is 38.0 Å². The molecule has 0 aromatic heterocycles. The van der Waals surface area contributed by atoms with Crippen LogP contribution in [-0.2, 0) is 0 Å². The molecule has 0 aliphatic carbocycles. The summed E-state index contributed by atoms with van der Waals surface area (Å²) >= 11 is 0. The highest BCUT2D eigenvalue weighted by molar-refractivity contribution is 6.27. The fourth-order valence-electron chi connectivity index (χ4n) is 8.57. The molecule has 2 heteroatoms. The van der Waals surface area contributed by atoms with Crippen molar-refractivity contribution in [2.45, 2.75) is 12.2 Å². The fourth-order valence-corrected chi connectivity index (χ4v) is 8.57. The maximum Gasteiger partial charge on any atom is 0.0817 e. The van der Waals surface area contributed by atoms with Crippen LogP contribution in [0.4, 0.5) is 0 Å².